The van der Waals surface area contributed by atoms with E-state index >= 15 is 0 Å². The first-order valence-electron chi connectivity index (χ1n) is 4.90. The average Bonchev–Trinajstić information content (AvgIpc) is 2.15. The average molecular weight is 266 g/mol. The monoisotopic (exact) mass is 265 g/mol. The summed E-state index contributed by atoms with van der Waals surface area (Å²) in [6, 6.07) is 0. The predicted octanol–water partition coefficient (Wildman–Crippen LogP) is 1.90. The molecule has 2 atom stereocenters. The molecule has 0 aromatic heterocycles. The second kappa shape index (κ2) is 7.23. The van der Waals surface area contributed by atoms with Crippen LogP contribution in [0.1, 0.15) is 20.3 Å². The van der Waals surface area contributed by atoms with Crippen LogP contribution in [-0.2, 0) is 9.53 Å². The van der Waals surface area contributed by atoms with Gasteiger partial charge in [0.1, 0.15) is 0 Å². The van der Waals surface area contributed by atoms with Gasteiger partial charge in [-0.1, -0.05) is 29.8 Å². The van der Waals surface area contributed by atoms with Crippen molar-refractivity contribution in [3.8, 4) is 0 Å². The largest absolute Gasteiger partial charge is 0.383 e. The molecule has 0 heterocycles. The van der Waals surface area contributed by atoms with E-state index in [1.807, 2.05) is 20.9 Å². The summed E-state index contributed by atoms with van der Waals surface area (Å²) in [5, 5.41) is 0. The van der Waals surface area contributed by atoms with Gasteiger partial charge in [-0.15, -0.1) is 0 Å². The van der Waals surface area contributed by atoms with Gasteiger partial charge < -0.3 is 9.64 Å². The number of halogens is 1. The summed E-state index contributed by atoms with van der Waals surface area (Å²) >= 11 is 3.46. The third-order valence-corrected chi connectivity index (χ3v) is 2.78. The van der Waals surface area contributed by atoms with E-state index in [1.54, 1.807) is 12.0 Å². The molecular weight excluding hydrogens is 246 g/mol. The topological polar surface area (TPSA) is 29.5 Å². The summed E-state index contributed by atoms with van der Waals surface area (Å²) in [5.41, 5.74) is 0. The van der Waals surface area contributed by atoms with E-state index in [0.29, 0.717) is 13.2 Å². The summed E-state index contributed by atoms with van der Waals surface area (Å²) in [7, 11) is 3.49. The number of nitrogens with zero attached hydrogens (tertiary/aromatic N) is 1. The zero-order chi connectivity index (χ0) is 11.1. The van der Waals surface area contributed by atoms with Crippen LogP contribution in [-0.4, -0.2) is 42.9 Å². The molecule has 0 aliphatic rings. The molecule has 0 bridgehead atoms. The van der Waals surface area contributed by atoms with Crippen LogP contribution in [0, 0.1) is 5.92 Å². The highest BCUT2D eigenvalue weighted by molar-refractivity contribution is 9.09. The Kier molecular flexibility index (Phi) is 7.19. The van der Waals surface area contributed by atoms with E-state index in [-0.39, 0.29) is 16.7 Å². The van der Waals surface area contributed by atoms with Gasteiger partial charge in [-0.3, -0.25) is 4.79 Å². The number of hydrogen-bond donors (Lipinski definition) is 0. The normalized spacial score (nSPS) is 14.9. The SMILES string of the molecule is CCC(C)C(=O)N(C)CC(Br)COC. The van der Waals surface area contributed by atoms with Crippen LogP contribution >= 0.6 is 15.9 Å². The molecule has 3 nitrogen and oxygen atoms in total. The van der Waals surface area contributed by atoms with Crippen LogP contribution in [0.15, 0.2) is 0 Å². The Bertz CT molecular complexity index is 176. The molecule has 1 amide bonds. The molecule has 14 heavy (non-hydrogen) atoms. The van der Waals surface area contributed by atoms with Gasteiger partial charge in [-0.25, -0.2) is 0 Å². The number of ether oxygens (including phenoxy) is 1. The minimum absolute atomic E-state index is 0.113. The minimum atomic E-state index is 0.113. The summed E-state index contributed by atoms with van der Waals surface area (Å²) in [5.74, 6) is 0.315. The number of carbonyl (C=O) groups excluding carboxylic acids is 1. The van der Waals surface area contributed by atoms with Gasteiger partial charge in [0.15, 0.2) is 0 Å². The number of hydrogen-bond acceptors (Lipinski definition) is 2. The second-order valence-electron chi connectivity index (χ2n) is 3.58. The van der Waals surface area contributed by atoms with Crippen LogP contribution in [0.2, 0.25) is 0 Å². The molecule has 2 unspecified atom stereocenters. The zero-order valence-corrected chi connectivity index (χ0v) is 11.0. The number of amides is 1. The number of methoxy groups -OCH3 is 1. The fraction of sp³-hybridized carbons (Fsp3) is 0.900. The molecule has 4 heteroatoms. The quantitative estimate of drug-likeness (QED) is 0.687. The van der Waals surface area contributed by atoms with Crippen molar-refractivity contribution in [3.05, 3.63) is 0 Å². The van der Waals surface area contributed by atoms with Gasteiger partial charge in [-0.05, 0) is 6.42 Å². The molecule has 0 rings (SSSR count). The number of alkyl halides is 1. The summed E-state index contributed by atoms with van der Waals surface area (Å²) in [6.45, 7) is 5.30. The van der Waals surface area contributed by atoms with Gasteiger partial charge >= 0.3 is 0 Å². The first kappa shape index (κ1) is 13.9. The van der Waals surface area contributed by atoms with Crippen LogP contribution in [0.5, 0.6) is 0 Å². The molecular formula is C10H20BrNO2. The summed E-state index contributed by atoms with van der Waals surface area (Å²) in [6.07, 6.45) is 0.889. The molecule has 0 saturated carbocycles. The third kappa shape index (κ3) is 4.96. The second-order valence-corrected chi connectivity index (χ2v) is 4.88. The van der Waals surface area contributed by atoms with Crippen molar-refractivity contribution >= 4 is 21.8 Å². The molecule has 0 radical (unpaired) electrons. The van der Waals surface area contributed by atoms with Crippen LogP contribution in [0.3, 0.4) is 0 Å². The smallest absolute Gasteiger partial charge is 0.225 e. The van der Waals surface area contributed by atoms with Gasteiger partial charge in [0.05, 0.1) is 11.4 Å². The predicted molar refractivity (Wildman–Crippen MR) is 61.7 cm³/mol. The van der Waals surface area contributed by atoms with Crippen LogP contribution in [0.4, 0.5) is 0 Å². The lowest BCUT2D eigenvalue weighted by Gasteiger charge is -2.23. The molecule has 84 valence electrons. The van der Waals surface area contributed by atoms with Gasteiger partial charge in [0.25, 0.3) is 0 Å². The van der Waals surface area contributed by atoms with Crippen molar-refractivity contribution in [2.24, 2.45) is 5.92 Å². The third-order valence-electron chi connectivity index (χ3n) is 2.23. The van der Waals surface area contributed by atoms with E-state index in [0.717, 1.165) is 6.42 Å². The lowest BCUT2D eigenvalue weighted by molar-refractivity contribution is -0.133. The van der Waals surface area contributed by atoms with Crippen molar-refractivity contribution in [2.75, 3.05) is 27.3 Å². The van der Waals surface area contributed by atoms with Gasteiger partial charge in [0.2, 0.25) is 5.91 Å². The Labute approximate surface area is 94.9 Å². The van der Waals surface area contributed by atoms with E-state index < -0.39 is 0 Å². The molecule has 0 aliphatic carbocycles. The lowest BCUT2D eigenvalue weighted by Crippen LogP contribution is -2.36. The minimum Gasteiger partial charge on any atom is -0.383 e. The molecule has 0 N–H and O–H groups in total. The van der Waals surface area contributed by atoms with Gasteiger partial charge in [-0.2, -0.15) is 0 Å². The first-order chi connectivity index (χ1) is 6.52. The standard InChI is InChI=1S/C10H20BrNO2/c1-5-8(2)10(13)12(3)6-9(11)7-14-4/h8-9H,5-7H2,1-4H3. The first-order valence-corrected chi connectivity index (χ1v) is 5.82. The maximum atomic E-state index is 11.7. The zero-order valence-electron chi connectivity index (χ0n) is 9.42. The van der Waals surface area contributed by atoms with E-state index in [2.05, 4.69) is 15.9 Å². The Balaban J connectivity index is 3.94. The van der Waals surface area contributed by atoms with Gasteiger partial charge in [0, 0.05) is 26.6 Å². The summed E-state index contributed by atoms with van der Waals surface area (Å²) in [4.78, 5) is 13.6. The Hall–Kier alpha value is -0.0900. The highest BCUT2D eigenvalue weighted by atomic mass is 79.9. The molecule has 0 aliphatic heterocycles. The molecule has 0 aromatic carbocycles. The van der Waals surface area contributed by atoms with Crippen molar-refractivity contribution in [2.45, 2.75) is 25.1 Å². The Morgan fingerprint density at radius 1 is 1.57 bits per heavy atom. The lowest BCUT2D eigenvalue weighted by atomic mass is 10.1. The molecule has 0 spiro atoms. The van der Waals surface area contributed by atoms with Crippen molar-refractivity contribution < 1.29 is 9.53 Å². The molecule has 0 fully saturated rings. The van der Waals surface area contributed by atoms with E-state index in [1.165, 1.54) is 0 Å². The van der Waals surface area contributed by atoms with Crippen LogP contribution in [0.25, 0.3) is 0 Å². The summed E-state index contributed by atoms with van der Waals surface area (Å²) < 4.78 is 4.99. The Morgan fingerprint density at radius 3 is 2.57 bits per heavy atom. The van der Waals surface area contributed by atoms with Crippen molar-refractivity contribution in [3.63, 3.8) is 0 Å². The molecule has 0 aromatic rings. The Morgan fingerprint density at radius 2 is 2.14 bits per heavy atom. The van der Waals surface area contributed by atoms with Crippen LogP contribution < -0.4 is 0 Å². The fourth-order valence-corrected chi connectivity index (χ4v) is 1.87. The maximum Gasteiger partial charge on any atom is 0.225 e. The van der Waals surface area contributed by atoms with Crippen molar-refractivity contribution in [1.29, 1.82) is 0 Å². The van der Waals surface area contributed by atoms with Crippen molar-refractivity contribution in [1.82, 2.24) is 4.90 Å². The highest BCUT2D eigenvalue weighted by Crippen LogP contribution is 2.08. The van der Waals surface area contributed by atoms with E-state index in [4.69, 9.17) is 4.74 Å². The molecule has 0 saturated heterocycles. The number of carbonyl (C=O) groups is 1. The maximum absolute atomic E-state index is 11.7. The van der Waals surface area contributed by atoms with E-state index in [9.17, 15) is 4.79 Å². The number of rotatable bonds is 6. The fourth-order valence-electron chi connectivity index (χ4n) is 1.17. The highest BCUT2D eigenvalue weighted by Gasteiger charge is 2.17.